The minimum Gasteiger partial charge on any atom is -0.350 e. The molecule has 1 amide bonds. The molecule has 7 nitrogen and oxygen atoms in total. The molecule has 0 atom stereocenters. The van der Waals surface area contributed by atoms with Crippen molar-refractivity contribution in [2.45, 2.75) is 4.90 Å². The summed E-state index contributed by atoms with van der Waals surface area (Å²) in [5.74, 6) is -0.620. The standard InChI is InChI=1S/C19H17N3O4S/c1-22-12-16(18(23)15-5-3-4-6-17(15)22)19(24)21-20-11-13-7-9-14(10-8-13)27(2,25)26/h3-12H,1-2H3,(H,21,24)/b20-11+. The Morgan fingerprint density at radius 2 is 1.78 bits per heavy atom. The highest BCUT2D eigenvalue weighted by Crippen LogP contribution is 2.10. The first-order chi connectivity index (χ1) is 12.8. The summed E-state index contributed by atoms with van der Waals surface area (Å²) in [5.41, 5.74) is 3.28. The van der Waals surface area contributed by atoms with Gasteiger partial charge in [-0.3, -0.25) is 9.59 Å². The molecule has 0 aliphatic rings. The first kappa shape index (κ1) is 18.5. The van der Waals surface area contributed by atoms with Crippen molar-refractivity contribution in [2.24, 2.45) is 12.1 Å². The predicted molar refractivity (Wildman–Crippen MR) is 104 cm³/mol. The van der Waals surface area contributed by atoms with E-state index in [0.29, 0.717) is 10.9 Å². The van der Waals surface area contributed by atoms with E-state index in [2.05, 4.69) is 10.5 Å². The molecule has 138 valence electrons. The Bertz CT molecular complexity index is 1210. The van der Waals surface area contributed by atoms with Gasteiger partial charge in [0.2, 0.25) is 5.43 Å². The monoisotopic (exact) mass is 383 g/mol. The topological polar surface area (TPSA) is 97.6 Å². The number of amides is 1. The minimum atomic E-state index is -3.27. The lowest BCUT2D eigenvalue weighted by Gasteiger charge is -2.07. The maximum absolute atomic E-state index is 12.5. The summed E-state index contributed by atoms with van der Waals surface area (Å²) < 4.78 is 24.6. The number of aromatic nitrogens is 1. The molecule has 3 aromatic rings. The highest BCUT2D eigenvalue weighted by atomic mass is 32.2. The van der Waals surface area contributed by atoms with Crippen molar-refractivity contribution in [3.63, 3.8) is 0 Å². The summed E-state index contributed by atoms with van der Waals surface area (Å²) >= 11 is 0. The van der Waals surface area contributed by atoms with Crippen molar-refractivity contribution in [1.82, 2.24) is 9.99 Å². The third-order valence-electron chi connectivity index (χ3n) is 4.03. The second kappa shape index (κ2) is 7.16. The third-order valence-corrected chi connectivity index (χ3v) is 5.16. The molecule has 0 saturated heterocycles. The second-order valence-electron chi connectivity index (χ2n) is 6.04. The number of rotatable bonds is 4. The first-order valence-electron chi connectivity index (χ1n) is 7.99. The lowest BCUT2D eigenvalue weighted by Crippen LogP contribution is -2.26. The minimum absolute atomic E-state index is 0.0132. The summed E-state index contributed by atoms with van der Waals surface area (Å²) in [6, 6.07) is 13.1. The van der Waals surface area contributed by atoms with Gasteiger partial charge in [-0.15, -0.1) is 0 Å². The smallest absolute Gasteiger partial charge is 0.276 e. The van der Waals surface area contributed by atoms with E-state index in [0.717, 1.165) is 11.8 Å². The Balaban J connectivity index is 1.80. The number of nitrogens with zero attached hydrogens (tertiary/aromatic N) is 2. The number of carbonyl (C=O) groups excluding carboxylic acids is 1. The van der Waals surface area contributed by atoms with E-state index in [1.807, 2.05) is 6.07 Å². The molecule has 2 aromatic carbocycles. The van der Waals surface area contributed by atoms with E-state index < -0.39 is 15.7 Å². The SMILES string of the molecule is Cn1cc(C(=O)N/N=C/c2ccc(S(C)(=O)=O)cc2)c(=O)c2ccccc21. The lowest BCUT2D eigenvalue weighted by molar-refractivity contribution is 0.0953. The average Bonchev–Trinajstić information content (AvgIpc) is 2.64. The number of pyridine rings is 1. The van der Waals surface area contributed by atoms with Gasteiger partial charge < -0.3 is 4.57 Å². The number of para-hydroxylation sites is 1. The van der Waals surface area contributed by atoms with Gasteiger partial charge >= 0.3 is 0 Å². The van der Waals surface area contributed by atoms with E-state index >= 15 is 0 Å². The molecule has 1 N–H and O–H groups in total. The van der Waals surface area contributed by atoms with Crippen LogP contribution >= 0.6 is 0 Å². The fraction of sp³-hybridized carbons (Fsp3) is 0.105. The van der Waals surface area contributed by atoms with Crippen molar-refractivity contribution in [3.8, 4) is 0 Å². The summed E-state index contributed by atoms with van der Waals surface area (Å²) in [6.07, 6.45) is 3.96. The molecule has 3 rings (SSSR count). The van der Waals surface area contributed by atoms with Crippen LogP contribution < -0.4 is 10.9 Å². The van der Waals surface area contributed by atoms with Gasteiger partial charge in [0.25, 0.3) is 5.91 Å². The van der Waals surface area contributed by atoms with Crippen LogP contribution in [0.3, 0.4) is 0 Å². The Hall–Kier alpha value is -3.26. The average molecular weight is 383 g/mol. The van der Waals surface area contributed by atoms with E-state index in [-0.39, 0.29) is 15.9 Å². The van der Waals surface area contributed by atoms with Gasteiger partial charge in [0.05, 0.1) is 16.6 Å². The molecular formula is C19H17N3O4S. The van der Waals surface area contributed by atoms with Crippen LogP contribution in [-0.4, -0.2) is 31.4 Å². The van der Waals surface area contributed by atoms with Gasteiger partial charge in [-0.2, -0.15) is 5.10 Å². The molecule has 8 heteroatoms. The molecule has 0 spiro atoms. The van der Waals surface area contributed by atoms with E-state index in [1.165, 1.54) is 24.5 Å². The zero-order valence-corrected chi connectivity index (χ0v) is 15.5. The van der Waals surface area contributed by atoms with Crippen LogP contribution in [0.15, 0.2) is 69.5 Å². The largest absolute Gasteiger partial charge is 0.350 e. The first-order valence-corrected chi connectivity index (χ1v) is 9.88. The molecule has 27 heavy (non-hydrogen) atoms. The Kier molecular flexibility index (Phi) is 4.91. The van der Waals surface area contributed by atoms with Crippen LogP contribution in [0.4, 0.5) is 0 Å². The number of sulfone groups is 1. The quantitative estimate of drug-likeness (QED) is 0.548. The highest BCUT2D eigenvalue weighted by molar-refractivity contribution is 7.90. The van der Waals surface area contributed by atoms with Crippen LogP contribution in [0.1, 0.15) is 15.9 Å². The second-order valence-corrected chi connectivity index (χ2v) is 8.06. The maximum Gasteiger partial charge on any atom is 0.276 e. The fourth-order valence-corrected chi connectivity index (χ4v) is 3.26. The van der Waals surface area contributed by atoms with Crippen molar-refractivity contribution in [1.29, 1.82) is 0 Å². The van der Waals surface area contributed by atoms with Crippen LogP contribution in [0.25, 0.3) is 10.9 Å². The zero-order valence-electron chi connectivity index (χ0n) is 14.7. The van der Waals surface area contributed by atoms with E-state index in [1.54, 1.807) is 41.9 Å². The Labute approximate surface area is 155 Å². The van der Waals surface area contributed by atoms with Gasteiger partial charge in [0.1, 0.15) is 5.56 Å². The van der Waals surface area contributed by atoms with E-state index in [4.69, 9.17) is 0 Å². The van der Waals surface area contributed by atoms with E-state index in [9.17, 15) is 18.0 Å². The van der Waals surface area contributed by atoms with Gasteiger partial charge in [-0.1, -0.05) is 24.3 Å². The number of nitrogens with one attached hydrogen (secondary N) is 1. The number of benzene rings is 2. The number of hydrogen-bond donors (Lipinski definition) is 1. The molecule has 0 aliphatic carbocycles. The van der Waals surface area contributed by atoms with Gasteiger partial charge in [0.15, 0.2) is 9.84 Å². The summed E-state index contributed by atoms with van der Waals surface area (Å²) in [5, 5.41) is 4.29. The summed E-state index contributed by atoms with van der Waals surface area (Å²) in [4.78, 5) is 25.0. The Morgan fingerprint density at radius 3 is 2.44 bits per heavy atom. The van der Waals surface area contributed by atoms with Crippen LogP contribution in [0, 0.1) is 0 Å². The molecule has 0 unspecified atom stereocenters. The number of aryl methyl sites for hydroxylation is 1. The van der Waals surface area contributed by atoms with Gasteiger partial charge in [0, 0.05) is 24.9 Å². The fourth-order valence-electron chi connectivity index (χ4n) is 2.63. The van der Waals surface area contributed by atoms with Gasteiger partial charge in [-0.25, -0.2) is 13.8 Å². The molecule has 0 bridgehead atoms. The third kappa shape index (κ3) is 3.95. The molecule has 1 aromatic heterocycles. The molecule has 1 heterocycles. The van der Waals surface area contributed by atoms with Crippen LogP contribution in [-0.2, 0) is 16.9 Å². The number of hydrazone groups is 1. The zero-order chi connectivity index (χ0) is 19.6. The molecule has 0 fully saturated rings. The highest BCUT2D eigenvalue weighted by Gasteiger charge is 2.13. The molecule has 0 saturated carbocycles. The van der Waals surface area contributed by atoms with Crippen molar-refractivity contribution < 1.29 is 13.2 Å². The summed E-state index contributed by atoms with van der Waals surface area (Å²) in [7, 11) is -1.51. The predicted octanol–water partition coefficient (Wildman–Crippen LogP) is 1.71. The Morgan fingerprint density at radius 1 is 1.11 bits per heavy atom. The van der Waals surface area contributed by atoms with Crippen LogP contribution in [0.5, 0.6) is 0 Å². The maximum atomic E-state index is 12.5. The molecule has 0 radical (unpaired) electrons. The van der Waals surface area contributed by atoms with Crippen molar-refractivity contribution >= 4 is 32.9 Å². The van der Waals surface area contributed by atoms with Crippen LogP contribution in [0.2, 0.25) is 0 Å². The van der Waals surface area contributed by atoms with Crippen molar-refractivity contribution in [2.75, 3.05) is 6.26 Å². The molecule has 0 aliphatic heterocycles. The number of hydrogen-bond acceptors (Lipinski definition) is 5. The normalized spacial score (nSPS) is 11.8. The number of carbonyl (C=O) groups is 1. The van der Waals surface area contributed by atoms with Crippen molar-refractivity contribution in [3.05, 3.63) is 76.1 Å². The number of fused-ring (bicyclic) bond motifs is 1. The molecular weight excluding hydrogens is 366 g/mol. The summed E-state index contributed by atoms with van der Waals surface area (Å²) in [6.45, 7) is 0. The lowest BCUT2D eigenvalue weighted by atomic mass is 10.1. The van der Waals surface area contributed by atoms with Gasteiger partial charge in [-0.05, 0) is 29.8 Å².